The minimum Gasteiger partial charge on any atom is -0.875 e. The normalized spacial score (nSPS) is 12.0. The van der Waals surface area contributed by atoms with Crippen LogP contribution in [-0.2, 0) is 4.79 Å². The Hall–Kier alpha value is -0.510. The molecule has 0 heterocycles. The summed E-state index contributed by atoms with van der Waals surface area (Å²) in [7, 11) is 0. The van der Waals surface area contributed by atoms with Crippen LogP contribution in [0, 0.1) is 0 Å². The van der Waals surface area contributed by atoms with Gasteiger partial charge in [-0.25, -0.2) is 0 Å². The van der Waals surface area contributed by atoms with E-state index in [-0.39, 0.29) is 35.3 Å². The first-order chi connectivity index (χ1) is 10.2. The molecule has 1 N–H and O–H groups in total. The summed E-state index contributed by atoms with van der Waals surface area (Å²) in [5, 5.41) is 19.7. The largest absolute Gasteiger partial charge is 1.00 e. The summed E-state index contributed by atoms with van der Waals surface area (Å²) in [6.45, 7) is 1.97. The van der Waals surface area contributed by atoms with Crippen molar-refractivity contribution in [2.75, 3.05) is 0 Å². The number of hydrogen-bond acceptors (Lipinski definition) is 2. The molecule has 0 saturated heterocycles. The number of hydrogen-bond donors (Lipinski definition) is 1. The van der Waals surface area contributed by atoms with Gasteiger partial charge in [-0.1, -0.05) is 56.6 Å². The van der Waals surface area contributed by atoms with Gasteiger partial charge in [0.25, 0.3) is 0 Å². The molecule has 4 heteroatoms. The smallest absolute Gasteiger partial charge is 0.875 e. The van der Waals surface area contributed by atoms with Crippen molar-refractivity contribution in [1.82, 2.24) is 0 Å². The van der Waals surface area contributed by atoms with Crippen molar-refractivity contribution in [3.8, 4) is 0 Å². The molecule has 3 nitrogen and oxygen atoms in total. The first kappa shape index (κ1) is 23.8. The fourth-order valence-corrected chi connectivity index (χ4v) is 1.97. The molecule has 0 bridgehead atoms. The molecule has 0 atom stereocenters. The molecule has 0 saturated carbocycles. The van der Waals surface area contributed by atoms with E-state index in [0.29, 0.717) is 12.8 Å². The third-order valence-electron chi connectivity index (χ3n) is 3.12. The fourth-order valence-electron chi connectivity index (χ4n) is 1.97. The maximum Gasteiger partial charge on any atom is 1.00 e. The van der Waals surface area contributed by atoms with Crippen LogP contribution in [-0.4, -0.2) is 11.1 Å². The van der Waals surface area contributed by atoms with Gasteiger partial charge in [-0.3, -0.25) is 4.79 Å². The Bertz CT molecular complexity index is 346. The van der Waals surface area contributed by atoms with Crippen LogP contribution in [0.3, 0.4) is 0 Å². The topological polar surface area (TPSA) is 60.4 Å². The Morgan fingerprint density at radius 2 is 1.64 bits per heavy atom. The van der Waals surface area contributed by atoms with Crippen LogP contribution in [0.4, 0.5) is 0 Å². The standard InChI is InChI=1S/C18H30O3.Na/c1-2-14-17(19)15-12-10-8-6-4-3-5-7-9-11-13-16-18(20)21;/h4,6,10,12,14,19H,2-3,5,7-9,11,13,15-16H2,1H3,(H,20,21);/q;+1/p-1/b6-4-,12-10-,17-14+;. The molecule has 0 aromatic rings. The first-order valence-electron chi connectivity index (χ1n) is 8.04. The number of carbonyl (C=O) groups is 1. The summed E-state index contributed by atoms with van der Waals surface area (Å²) in [5.74, 6) is -0.499. The molecule has 0 aliphatic rings. The van der Waals surface area contributed by atoms with Gasteiger partial charge in [0, 0.05) is 6.42 Å². The third-order valence-corrected chi connectivity index (χ3v) is 3.12. The van der Waals surface area contributed by atoms with E-state index in [0.717, 1.165) is 44.9 Å². The molecule has 0 radical (unpaired) electrons. The predicted octanol–water partition coefficient (Wildman–Crippen LogP) is 1.35. The average molecular weight is 316 g/mol. The monoisotopic (exact) mass is 316 g/mol. The average Bonchev–Trinajstić information content (AvgIpc) is 2.44. The van der Waals surface area contributed by atoms with E-state index in [1.807, 2.05) is 19.1 Å². The Balaban J connectivity index is 0. The summed E-state index contributed by atoms with van der Waals surface area (Å²) in [5.41, 5.74) is 0. The van der Waals surface area contributed by atoms with Crippen molar-refractivity contribution in [3.63, 3.8) is 0 Å². The van der Waals surface area contributed by atoms with E-state index < -0.39 is 5.97 Å². The van der Waals surface area contributed by atoms with E-state index in [1.54, 1.807) is 6.08 Å². The number of carboxylic acids is 1. The van der Waals surface area contributed by atoms with Gasteiger partial charge in [0.1, 0.15) is 0 Å². The van der Waals surface area contributed by atoms with Crippen molar-refractivity contribution < 1.29 is 44.6 Å². The Labute approximate surface area is 157 Å². The van der Waals surface area contributed by atoms with Gasteiger partial charge in [0.2, 0.25) is 0 Å². The Morgan fingerprint density at radius 1 is 1.00 bits per heavy atom. The van der Waals surface area contributed by atoms with Gasteiger partial charge in [-0.15, -0.1) is 5.76 Å². The quantitative estimate of drug-likeness (QED) is 0.241. The minimum atomic E-state index is -0.694. The van der Waals surface area contributed by atoms with Crippen LogP contribution in [0.1, 0.15) is 71.1 Å². The molecule has 0 fully saturated rings. The molecule has 0 aromatic heterocycles. The van der Waals surface area contributed by atoms with Gasteiger partial charge in [-0.05, 0) is 38.5 Å². The third kappa shape index (κ3) is 19.5. The van der Waals surface area contributed by atoms with Gasteiger partial charge >= 0.3 is 35.5 Å². The van der Waals surface area contributed by atoms with Gasteiger partial charge in [0.05, 0.1) is 0 Å². The minimum absolute atomic E-state index is 0. The van der Waals surface area contributed by atoms with Crippen LogP contribution >= 0.6 is 0 Å². The molecule has 0 aliphatic heterocycles. The number of aliphatic carboxylic acids is 1. The van der Waals surface area contributed by atoms with Gasteiger partial charge in [0.15, 0.2) is 0 Å². The van der Waals surface area contributed by atoms with Crippen molar-refractivity contribution in [2.45, 2.75) is 71.1 Å². The molecular formula is C18H29NaO3. The van der Waals surface area contributed by atoms with Crippen molar-refractivity contribution in [1.29, 1.82) is 0 Å². The summed E-state index contributed by atoms with van der Waals surface area (Å²) in [6, 6.07) is 0. The molecule has 0 aromatic carbocycles. The van der Waals surface area contributed by atoms with Crippen LogP contribution < -0.4 is 34.7 Å². The summed E-state index contributed by atoms with van der Waals surface area (Å²) >= 11 is 0. The van der Waals surface area contributed by atoms with Crippen LogP contribution in [0.15, 0.2) is 36.1 Å². The second-order valence-electron chi connectivity index (χ2n) is 5.16. The molecule has 0 aliphatic carbocycles. The zero-order valence-corrected chi connectivity index (χ0v) is 16.2. The maximum absolute atomic E-state index is 11.2. The van der Waals surface area contributed by atoms with Crippen molar-refractivity contribution in [2.24, 2.45) is 0 Å². The van der Waals surface area contributed by atoms with E-state index in [9.17, 15) is 9.90 Å². The van der Waals surface area contributed by atoms with Crippen LogP contribution in [0.25, 0.3) is 0 Å². The number of carboxylic acid groups (broad SMARTS) is 1. The number of allylic oxidation sites excluding steroid dienone is 5. The molecule has 120 valence electrons. The van der Waals surface area contributed by atoms with Crippen LogP contribution in [0.5, 0.6) is 0 Å². The van der Waals surface area contributed by atoms with Gasteiger partial charge < -0.3 is 10.2 Å². The van der Waals surface area contributed by atoms with Crippen molar-refractivity contribution in [3.05, 3.63) is 36.1 Å². The maximum atomic E-state index is 11.2. The van der Waals surface area contributed by atoms with E-state index in [1.165, 1.54) is 6.42 Å². The van der Waals surface area contributed by atoms with Gasteiger partial charge in [-0.2, -0.15) is 0 Å². The van der Waals surface area contributed by atoms with E-state index in [2.05, 4.69) is 12.2 Å². The molecule has 22 heavy (non-hydrogen) atoms. The van der Waals surface area contributed by atoms with E-state index in [4.69, 9.17) is 5.11 Å². The zero-order valence-electron chi connectivity index (χ0n) is 14.2. The first-order valence-corrected chi connectivity index (χ1v) is 8.04. The van der Waals surface area contributed by atoms with Crippen molar-refractivity contribution >= 4 is 5.97 Å². The second kappa shape index (κ2) is 18.5. The molecule has 0 rings (SSSR count). The molecule has 0 amide bonds. The summed E-state index contributed by atoms with van der Waals surface area (Å²) in [4.78, 5) is 10.3. The van der Waals surface area contributed by atoms with E-state index >= 15 is 0 Å². The van der Waals surface area contributed by atoms with Crippen LogP contribution in [0.2, 0.25) is 0 Å². The molecule has 0 spiro atoms. The number of rotatable bonds is 13. The molecule has 0 unspecified atom stereocenters. The Morgan fingerprint density at radius 3 is 2.32 bits per heavy atom. The predicted molar refractivity (Wildman–Crippen MR) is 85.8 cm³/mol. The number of unbranched alkanes of at least 4 members (excludes halogenated alkanes) is 5. The summed E-state index contributed by atoms with van der Waals surface area (Å²) in [6.07, 6.45) is 18.8. The molecular weight excluding hydrogens is 287 g/mol. The summed E-state index contributed by atoms with van der Waals surface area (Å²) < 4.78 is 0. The zero-order chi connectivity index (χ0) is 15.8. The fraction of sp³-hybridized carbons (Fsp3) is 0.611. The second-order valence-corrected chi connectivity index (χ2v) is 5.16. The SMILES string of the molecule is CC/C=C(/[O-])C/C=C\C/C=C\CCCCCCCC(=O)O.[Na+]. The Kier molecular flexibility index (Phi) is 20.0.